The fourth-order valence-corrected chi connectivity index (χ4v) is 4.85. The number of carbonyl (C=O) groups excluding carboxylic acids is 1. The van der Waals surface area contributed by atoms with Crippen LogP contribution in [0.3, 0.4) is 0 Å². The standard InChI is InChI=1S/C21H16FN3OS/c22-14-10-13(21(23)26)19-18(11-4-1-2-6-15(11)25-19)17(14)12-5-3-7-16-20(12)27-9-8-24-16/h1-7,10,24-25H,8-9H2,(H2,23,26). The second-order valence-corrected chi connectivity index (χ2v) is 7.63. The fourth-order valence-electron chi connectivity index (χ4n) is 3.82. The number of aromatic amines is 1. The van der Waals surface area contributed by atoms with Crippen LogP contribution < -0.4 is 11.1 Å². The molecule has 4 aromatic rings. The summed E-state index contributed by atoms with van der Waals surface area (Å²) >= 11 is 1.71. The van der Waals surface area contributed by atoms with Crippen molar-refractivity contribution in [1.82, 2.24) is 4.98 Å². The second-order valence-electron chi connectivity index (χ2n) is 6.52. The number of thioether (sulfide) groups is 1. The number of nitrogens with two attached hydrogens (primary N) is 1. The van der Waals surface area contributed by atoms with E-state index in [1.54, 1.807) is 11.8 Å². The number of aromatic nitrogens is 1. The Morgan fingerprint density at radius 2 is 2.00 bits per heavy atom. The minimum Gasteiger partial charge on any atom is -0.383 e. The summed E-state index contributed by atoms with van der Waals surface area (Å²) in [6.07, 6.45) is 0. The Morgan fingerprint density at radius 3 is 2.85 bits per heavy atom. The summed E-state index contributed by atoms with van der Waals surface area (Å²) in [6.45, 7) is 0.882. The largest absolute Gasteiger partial charge is 0.383 e. The summed E-state index contributed by atoms with van der Waals surface area (Å²) < 4.78 is 15.4. The van der Waals surface area contributed by atoms with Crippen molar-refractivity contribution in [3.8, 4) is 11.1 Å². The molecule has 0 bridgehead atoms. The highest BCUT2D eigenvalue weighted by Gasteiger charge is 2.24. The third-order valence-electron chi connectivity index (χ3n) is 4.95. The van der Waals surface area contributed by atoms with Gasteiger partial charge in [0.05, 0.1) is 11.1 Å². The summed E-state index contributed by atoms with van der Waals surface area (Å²) in [7, 11) is 0. The Balaban J connectivity index is 1.95. The van der Waals surface area contributed by atoms with Gasteiger partial charge in [0, 0.05) is 50.3 Å². The Bertz CT molecular complexity index is 1230. The van der Waals surface area contributed by atoms with E-state index in [0.29, 0.717) is 16.5 Å². The molecule has 0 atom stereocenters. The van der Waals surface area contributed by atoms with Crippen LogP contribution in [0.5, 0.6) is 0 Å². The zero-order chi connectivity index (χ0) is 18.5. The molecule has 0 saturated heterocycles. The molecule has 2 heterocycles. The number of H-pyrrole nitrogens is 1. The van der Waals surface area contributed by atoms with Gasteiger partial charge in [-0.05, 0) is 18.2 Å². The first-order valence-corrected chi connectivity index (χ1v) is 9.66. The van der Waals surface area contributed by atoms with Crippen LogP contribution in [-0.2, 0) is 0 Å². The normalized spacial score (nSPS) is 13.5. The van der Waals surface area contributed by atoms with E-state index in [2.05, 4.69) is 10.3 Å². The second kappa shape index (κ2) is 6.03. The van der Waals surface area contributed by atoms with Gasteiger partial charge in [-0.2, -0.15) is 0 Å². The lowest BCUT2D eigenvalue weighted by Gasteiger charge is -2.21. The summed E-state index contributed by atoms with van der Waals surface area (Å²) in [6, 6.07) is 14.8. The molecule has 0 radical (unpaired) electrons. The molecular weight excluding hydrogens is 361 g/mol. The molecule has 4 N–H and O–H groups in total. The van der Waals surface area contributed by atoms with Crippen LogP contribution in [0.1, 0.15) is 10.4 Å². The van der Waals surface area contributed by atoms with E-state index in [1.165, 1.54) is 6.07 Å². The first-order valence-electron chi connectivity index (χ1n) is 8.68. The van der Waals surface area contributed by atoms with Crippen LogP contribution in [0.15, 0.2) is 53.4 Å². The zero-order valence-electron chi connectivity index (χ0n) is 14.3. The quantitative estimate of drug-likeness (QED) is 0.472. The van der Waals surface area contributed by atoms with Gasteiger partial charge in [0.25, 0.3) is 5.91 Å². The number of hydrogen-bond donors (Lipinski definition) is 3. The molecule has 0 saturated carbocycles. The predicted octanol–water partition coefficient (Wildman–Crippen LogP) is 4.74. The van der Waals surface area contributed by atoms with Gasteiger partial charge in [0.15, 0.2) is 0 Å². The molecule has 0 unspecified atom stereocenters. The first kappa shape index (κ1) is 16.2. The molecule has 6 heteroatoms. The molecule has 1 aliphatic heterocycles. The topological polar surface area (TPSA) is 70.9 Å². The van der Waals surface area contributed by atoms with Crippen LogP contribution in [-0.4, -0.2) is 23.2 Å². The lowest BCUT2D eigenvalue weighted by atomic mass is 9.95. The molecule has 4 nitrogen and oxygen atoms in total. The average Bonchev–Trinajstić information content (AvgIpc) is 3.06. The monoisotopic (exact) mass is 377 g/mol. The predicted molar refractivity (Wildman–Crippen MR) is 109 cm³/mol. The van der Waals surface area contributed by atoms with Gasteiger partial charge < -0.3 is 16.0 Å². The van der Waals surface area contributed by atoms with E-state index in [1.807, 2.05) is 42.5 Å². The molecule has 0 aliphatic carbocycles. The third-order valence-corrected chi connectivity index (χ3v) is 6.09. The number of carbonyl (C=O) groups is 1. The maximum Gasteiger partial charge on any atom is 0.250 e. The maximum absolute atomic E-state index is 15.4. The van der Waals surface area contributed by atoms with Crippen LogP contribution in [0, 0.1) is 5.82 Å². The maximum atomic E-state index is 15.4. The Hall–Kier alpha value is -2.99. The first-order chi connectivity index (χ1) is 13.1. The van der Waals surface area contributed by atoms with Crippen LogP contribution in [0.4, 0.5) is 10.1 Å². The van der Waals surface area contributed by atoms with Gasteiger partial charge in [-0.25, -0.2) is 4.39 Å². The molecule has 1 amide bonds. The highest BCUT2D eigenvalue weighted by atomic mass is 32.2. The minimum absolute atomic E-state index is 0.165. The van der Waals surface area contributed by atoms with E-state index in [0.717, 1.165) is 39.3 Å². The molecule has 27 heavy (non-hydrogen) atoms. The van der Waals surface area contributed by atoms with Crippen molar-refractivity contribution in [3.05, 3.63) is 59.9 Å². The molecule has 3 aromatic carbocycles. The van der Waals surface area contributed by atoms with Crippen molar-refractivity contribution < 1.29 is 9.18 Å². The molecule has 1 aliphatic rings. The lowest BCUT2D eigenvalue weighted by molar-refractivity contribution is 0.100. The SMILES string of the molecule is NC(=O)c1cc(F)c(-c2cccc3c2SCCN3)c2c1[nH]c1ccccc12. The number of para-hydroxylation sites is 1. The number of benzene rings is 3. The Morgan fingerprint density at radius 1 is 1.15 bits per heavy atom. The van der Waals surface area contributed by atoms with Crippen molar-refractivity contribution in [1.29, 1.82) is 0 Å². The fraction of sp³-hybridized carbons (Fsp3) is 0.0952. The van der Waals surface area contributed by atoms with Crippen molar-refractivity contribution in [3.63, 3.8) is 0 Å². The van der Waals surface area contributed by atoms with E-state index in [9.17, 15) is 4.79 Å². The highest BCUT2D eigenvalue weighted by Crippen LogP contribution is 2.45. The molecule has 0 spiro atoms. The van der Waals surface area contributed by atoms with E-state index in [-0.39, 0.29) is 5.56 Å². The van der Waals surface area contributed by atoms with Gasteiger partial charge in [-0.3, -0.25) is 4.79 Å². The number of anilines is 1. The van der Waals surface area contributed by atoms with Crippen molar-refractivity contribution in [2.75, 3.05) is 17.6 Å². The van der Waals surface area contributed by atoms with Gasteiger partial charge in [-0.15, -0.1) is 11.8 Å². The number of hydrogen-bond acceptors (Lipinski definition) is 3. The Kier molecular flexibility index (Phi) is 3.62. The van der Waals surface area contributed by atoms with Gasteiger partial charge in [0.2, 0.25) is 0 Å². The smallest absolute Gasteiger partial charge is 0.250 e. The van der Waals surface area contributed by atoms with E-state index < -0.39 is 11.7 Å². The number of fused-ring (bicyclic) bond motifs is 4. The lowest BCUT2D eigenvalue weighted by Crippen LogP contribution is -2.13. The average molecular weight is 377 g/mol. The van der Waals surface area contributed by atoms with Gasteiger partial charge in [0.1, 0.15) is 5.82 Å². The summed E-state index contributed by atoms with van der Waals surface area (Å²) in [5.74, 6) is -0.175. The van der Waals surface area contributed by atoms with E-state index >= 15 is 4.39 Å². The van der Waals surface area contributed by atoms with Crippen molar-refractivity contribution >= 4 is 45.2 Å². The Labute approximate surface area is 158 Å². The highest BCUT2D eigenvalue weighted by molar-refractivity contribution is 7.99. The van der Waals surface area contributed by atoms with Crippen LogP contribution >= 0.6 is 11.8 Å². The number of rotatable bonds is 2. The summed E-state index contributed by atoms with van der Waals surface area (Å²) in [5, 5.41) is 4.94. The minimum atomic E-state index is -0.650. The van der Waals surface area contributed by atoms with Gasteiger partial charge in [-0.1, -0.05) is 30.3 Å². The third kappa shape index (κ3) is 2.40. The molecule has 1 aromatic heterocycles. The molecule has 5 rings (SSSR count). The van der Waals surface area contributed by atoms with Gasteiger partial charge >= 0.3 is 0 Å². The molecular formula is C21H16FN3OS. The van der Waals surface area contributed by atoms with E-state index in [4.69, 9.17) is 5.73 Å². The van der Waals surface area contributed by atoms with Crippen LogP contribution in [0.25, 0.3) is 32.9 Å². The summed E-state index contributed by atoms with van der Waals surface area (Å²) in [4.78, 5) is 16.2. The van der Waals surface area contributed by atoms with Crippen molar-refractivity contribution in [2.45, 2.75) is 4.90 Å². The number of primary amides is 1. The number of halogens is 1. The summed E-state index contributed by atoms with van der Waals surface area (Å²) in [5.41, 5.74) is 9.45. The van der Waals surface area contributed by atoms with Crippen LogP contribution in [0.2, 0.25) is 0 Å². The number of nitrogens with one attached hydrogen (secondary N) is 2. The zero-order valence-corrected chi connectivity index (χ0v) is 15.1. The van der Waals surface area contributed by atoms with Crippen molar-refractivity contribution in [2.24, 2.45) is 5.73 Å². The molecule has 0 fully saturated rings. The number of amides is 1. The molecule has 134 valence electrons.